The average molecular weight is 453 g/mol. The van der Waals surface area contributed by atoms with Crippen LogP contribution in [-0.4, -0.2) is 26.9 Å². The number of ether oxygens (including phenoxy) is 2. The zero-order valence-electron chi connectivity index (χ0n) is 17.9. The Hall–Kier alpha value is -2.84. The Morgan fingerprint density at radius 1 is 1.03 bits per heavy atom. The maximum absolute atomic E-state index is 6.02. The molecule has 0 radical (unpaired) electrons. The molecule has 0 aliphatic carbocycles. The number of rotatable bonds is 8. The lowest BCUT2D eigenvalue weighted by Gasteiger charge is -2.14. The van der Waals surface area contributed by atoms with Gasteiger partial charge in [-0.05, 0) is 38.1 Å². The van der Waals surface area contributed by atoms with Crippen molar-refractivity contribution in [1.82, 2.24) is 19.7 Å². The lowest BCUT2D eigenvalue weighted by atomic mass is 10.2. The molecule has 1 unspecified atom stereocenters. The first kappa shape index (κ1) is 21.4. The molecule has 0 amide bonds. The van der Waals surface area contributed by atoms with Crippen molar-refractivity contribution in [3.05, 3.63) is 71.0 Å². The Kier molecular flexibility index (Phi) is 6.58. The van der Waals surface area contributed by atoms with Gasteiger partial charge >= 0.3 is 0 Å². The summed E-state index contributed by atoms with van der Waals surface area (Å²) in [6.07, 6.45) is -0.229. The van der Waals surface area contributed by atoms with Gasteiger partial charge in [-0.25, -0.2) is 4.98 Å². The molecule has 4 rings (SSSR count). The number of thioether (sulfide) groups is 1. The first-order valence-electron chi connectivity index (χ1n) is 9.87. The number of thiazole rings is 1. The van der Waals surface area contributed by atoms with Gasteiger partial charge in [0.15, 0.2) is 17.1 Å². The third-order valence-corrected chi connectivity index (χ3v) is 6.80. The predicted molar refractivity (Wildman–Crippen MR) is 125 cm³/mol. The minimum absolute atomic E-state index is 0.229. The molecule has 0 bridgehead atoms. The number of aryl methyl sites for hydroxylation is 1. The molecule has 0 spiro atoms. The normalized spacial score (nSPS) is 12.0. The van der Waals surface area contributed by atoms with Crippen LogP contribution < -0.4 is 9.47 Å². The molecule has 0 aliphatic rings. The minimum atomic E-state index is -0.229. The van der Waals surface area contributed by atoms with Crippen molar-refractivity contribution in [1.29, 1.82) is 0 Å². The number of hydrogen-bond donors (Lipinski definition) is 0. The van der Waals surface area contributed by atoms with Gasteiger partial charge in [-0.3, -0.25) is 0 Å². The van der Waals surface area contributed by atoms with E-state index in [1.165, 1.54) is 5.56 Å². The van der Waals surface area contributed by atoms with E-state index in [9.17, 15) is 0 Å². The molecule has 2 aromatic carbocycles. The summed E-state index contributed by atoms with van der Waals surface area (Å²) >= 11 is 3.29. The maximum atomic E-state index is 6.02. The van der Waals surface area contributed by atoms with Crippen molar-refractivity contribution < 1.29 is 9.47 Å². The summed E-state index contributed by atoms with van der Waals surface area (Å²) in [5.41, 5.74) is 3.44. The van der Waals surface area contributed by atoms with Gasteiger partial charge < -0.3 is 14.0 Å². The zero-order chi connectivity index (χ0) is 21.8. The van der Waals surface area contributed by atoms with Gasteiger partial charge in [0.2, 0.25) is 0 Å². The Morgan fingerprint density at radius 3 is 2.45 bits per heavy atom. The van der Waals surface area contributed by atoms with Crippen molar-refractivity contribution in [3.63, 3.8) is 0 Å². The summed E-state index contributed by atoms with van der Waals surface area (Å²) in [6.45, 7) is 4.06. The fourth-order valence-corrected chi connectivity index (χ4v) is 4.80. The van der Waals surface area contributed by atoms with Crippen LogP contribution in [0.3, 0.4) is 0 Å². The minimum Gasteiger partial charge on any atom is -0.497 e. The molecule has 6 nitrogen and oxygen atoms in total. The largest absolute Gasteiger partial charge is 0.497 e. The second kappa shape index (κ2) is 9.53. The highest BCUT2D eigenvalue weighted by Crippen LogP contribution is 2.29. The van der Waals surface area contributed by atoms with E-state index in [0.717, 1.165) is 44.5 Å². The van der Waals surface area contributed by atoms with Crippen LogP contribution in [0, 0.1) is 6.92 Å². The molecule has 4 aromatic rings. The summed E-state index contributed by atoms with van der Waals surface area (Å²) in [5, 5.41) is 12.7. The Labute approximate surface area is 190 Å². The predicted octanol–water partition coefficient (Wildman–Crippen LogP) is 5.69. The SMILES string of the molecule is COc1ccc(OC(C)c2nnc(SCc3csc(-c4ccc(C)cc4)n3)n2C)cc1. The average Bonchev–Trinajstić information content (AvgIpc) is 3.40. The van der Waals surface area contributed by atoms with Crippen molar-refractivity contribution in [2.75, 3.05) is 7.11 Å². The third-order valence-electron chi connectivity index (χ3n) is 4.80. The molecule has 31 heavy (non-hydrogen) atoms. The van der Waals surface area contributed by atoms with Crippen molar-refractivity contribution >= 4 is 23.1 Å². The lowest BCUT2D eigenvalue weighted by Crippen LogP contribution is -2.10. The van der Waals surface area contributed by atoms with Crippen LogP contribution in [0.15, 0.2) is 59.1 Å². The molecule has 8 heteroatoms. The second-order valence-electron chi connectivity index (χ2n) is 7.13. The van der Waals surface area contributed by atoms with Gasteiger partial charge in [0.1, 0.15) is 16.5 Å². The van der Waals surface area contributed by atoms with Crippen LogP contribution in [0.25, 0.3) is 10.6 Å². The maximum Gasteiger partial charge on any atom is 0.191 e. The van der Waals surface area contributed by atoms with Gasteiger partial charge in [0.25, 0.3) is 0 Å². The summed E-state index contributed by atoms with van der Waals surface area (Å²) in [6, 6.07) is 16.0. The van der Waals surface area contributed by atoms with Gasteiger partial charge in [-0.1, -0.05) is 41.6 Å². The molecule has 0 saturated heterocycles. The molecule has 1 atom stereocenters. The molecule has 0 saturated carbocycles. The van der Waals surface area contributed by atoms with Crippen molar-refractivity contribution in [3.8, 4) is 22.1 Å². The van der Waals surface area contributed by atoms with Gasteiger partial charge in [0.05, 0.1) is 12.8 Å². The lowest BCUT2D eigenvalue weighted by molar-refractivity contribution is 0.211. The van der Waals surface area contributed by atoms with Crippen LogP contribution in [0.5, 0.6) is 11.5 Å². The van der Waals surface area contributed by atoms with E-state index in [0.29, 0.717) is 0 Å². The molecule has 0 N–H and O–H groups in total. The van der Waals surface area contributed by atoms with E-state index in [-0.39, 0.29) is 6.10 Å². The van der Waals surface area contributed by atoms with E-state index in [2.05, 4.69) is 46.8 Å². The third kappa shape index (κ3) is 5.08. The second-order valence-corrected chi connectivity index (χ2v) is 8.93. The number of aromatic nitrogens is 4. The fourth-order valence-electron chi connectivity index (χ4n) is 3.06. The Bertz CT molecular complexity index is 1140. The Balaban J connectivity index is 1.38. The van der Waals surface area contributed by atoms with E-state index < -0.39 is 0 Å². The van der Waals surface area contributed by atoms with Crippen LogP contribution in [-0.2, 0) is 12.8 Å². The van der Waals surface area contributed by atoms with Crippen LogP contribution in [0.2, 0.25) is 0 Å². The topological polar surface area (TPSA) is 62.1 Å². The Morgan fingerprint density at radius 2 is 1.74 bits per heavy atom. The van der Waals surface area contributed by atoms with E-state index in [1.807, 2.05) is 42.8 Å². The van der Waals surface area contributed by atoms with Gasteiger partial charge in [-0.2, -0.15) is 0 Å². The molecule has 160 valence electrons. The van der Waals surface area contributed by atoms with E-state index in [4.69, 9.17) is 14.5 Å². The highest BCUT2D eigenvalue weighted by molar-refractivity contribution is 7.98. The highest BCUT2D eigenvalue weighted by atomic mass is 32.2. The smallest absolute Gasteiger partial charge is 0.191 e. The van der Waals surface area contributed by atoms with E-state index >= 15 is 0 Å². The first-order valence-corrected chi connectivity index (χ1v) is 11.7. The molecule has 2 heterocycles. The molecule has 0 aliphatic heterocycles. The summed E-state index contributed by atoms with van der Waals surface area (Å²) < 4.78 is 13.2. The van der Waals surface area contributed by atoms with E-state index in [1.54, 1.807) is 30.2 Å². The standard InChI is InChI=1S/C23H24N4O2S2/c1-15-5-7-17(8-6-15)22-24-18(13-30-22)14-31-23-26-25-21(27(23)3)16(2)29-20-11-9-19(28-4)10-12-20/h5-13,16H,14H2,1-4H3. The number of nitrogens with zero attached hydrogens (tertiary/aromatic N) is 4. The van der Waals surface area contributed by atoms with Crippen LogP contribution >= 0.6 is 23.1 Å². The van der Waals surface area contributed by atoms with Crippen LogP contribution in [0.1, 0.15) is 30.1 Å². The summed E-state index contributed by atoms with van der Waals surface area (Å²) in [5.74, 6) is 3.07. The molecular weight excluding hydrogens is 428 g/mol. The zero-order valence-corrected chi connectivity index (χ0v) is 19.5. The number of benzene rings is 2. The van der Waals surface area contributed by atoms with Gasteiger partial charge in [0, 0.05) is 23.7 Å². The van der Waals surface area contributed by atoms with Crippen molar-refractivity contribution in [2.24, 2.45) is 7.05 Å². The monoisotopic (exact) mass is 452 g/mol. The quantitative estimate of drug-likeness (QED) is 0.320. The summed E-state index contributed by atoms with van der Waals surface area (Å²) in [4.78, 5) is 4.77. The summed E-state index contributed by atoms with van der Waals surface area (Å²) in [7, 11) is 3.61. The number of methoxy groups -OCH3 is 1. The van der Waals surface area contributed by atoms with Crippen molar-refractivity contribution in [2.45, 2.75) is 30.9 Å². The molecule has 2 aromatic heterocycles. The highest BCUT2D eigenvalue weighted by Gasteiger charge is 2.18. The number of hydrogen-bond acceptors (Lipinski definition) is 7. The molecule has 0 fully saturated rings. The first-order chi connectivity index (χ1) is 15.0. The molecular formula is C23H24N4O2S2. The van der Waals surface area contributed by atoms with Crippen LogP contribution in [0.4, 0.5) is 0 Å². The van der Waals surface area contributed by atoms with Gasteiger partial charge in [-0.15, -0.1) is 21.5 Å². The fraction of sp³-hybridized carbons (Fsp3) is 0.261.